The molecule has 3 aromatic rings. The number of aromatic amines is 1. The van der Waals surface area contributed by atoms with E-state index in [2.05, 4.69) is 9.97 Å². The van der Waals surface area contributed by atoms with Gasteiger partial charge in [0.25, 0.3) is 5.69 Å². The van der Waals surface area contributed by atoms with E-state index in [4.69, 9.17) is 9.47 Å². The highest BCUT2D eigenvalue weighted by molar-refractivity contribution is 5.77. The summed E-state index contributed by atoms with van der Waals surface area (Å²) in [7, 11) is 1.59. The first-order valence-electron chi connectivity index (χ1n) is 7.67. The number of non-ortho nitro benzene ring substituents is 1. The summed E-state index contributed by atoms with van der Waals surface area (Å²) in [6.45, 7) is 2.14. The van der Waals surface area contributed by atoms with E-state index in [0.29, 0.717) is 28.4 Å². The summed E-state index contributed by atoms with van der Waals surface area (Å²) in [5.74, 6) is 1.81. The van der Waals surface area contributed by atoms with Crippen LogP contribution in [-0.4, -0.2) is 22.0 Å². The van der Waals surface area contributed by atoms with Crippen molar-refractivity contribution in [3.8, 4) is 11.5 Å². The average Bonchev–Trinajstić information content (AvgIpc) is 3.02. The quantitative estimate of drug-likeness (QED) is 0.539. The third kappa shape index (κ3) is 3.60. The molecule has 0 aliphatic rings. The molecule has 3 rings (SSSR count). The number of methoxy groups -OCH3 is 1. The van der Waals surface area contributed by atoms with Crippen LogP contribution in [-0.2, 0) is 6.61 Å². The molecule has 2 aromatic carbocycles. The molecule has 0 fully saturated rings. The summed E-state index contributed by atoms with van der Waals surface area (Å²) >= 11 is 0. The minimum Gasteiger partial charge on any atom is -0.493 e. The van der Waals surface area contributed by atoms with Gasteiger partial charge in [0.1, 0.15) is 12.4 Å². The van der Waals surface area contributed by atoms with Crippen molar-refractivity contribution < 1.29 is 14.4 Å². The number of nitro benzene ring substituents is 1. The fourth-order valence-corrected chi connectivity index (χ4v) is 2.48. The fraction of sp³-hybridized carbons (Fsp3) is 0.167. The number of fused-ring (bicyclic) bond motifs is 1. The van der Waals surface area contributed by atoms with E-state index in [-0.39, 0.29) is 12.3 Å². The Morgan fingerprint density at radius 3 is 2.80 bits per heavy atom. The molecule has 0 unspecified atom stereocenters. The SMILES string of the molecule is C/C=C/c1ccc(OCc2nc3ccc([N+](=O)[O-])cc3[nH]2)c(OC)c1. The molecule has 25 heavy (non-hydrogen) atoms. The first kappa shape index (κ1) is 16.5. The van der Waals surface area contributed by atoms with E-state index in [9.17, 15) is 10.1 Å². The summed E-state index contributed by atoms with van der Waals surface area (Å²) in [6, 6.07) is 10.1. The van der Waals surface area contributed by atoms with E-state index in [1.165, 1.54) is 12.1 Å². The van der Waals surface area contributed by atoms with Gasteiger partial charge in [0.2, 0.25) is 0 Å². The number of aromatic nitrogens is 2. The lowest BCUT2D eigenvalue weighted by atomic mass is 10.2. The molecular formula is C18H17N3O4. The Labute approximate surface area is 144 Å². The molecule has 0 saturated carbocycles. The van der Waals surface area contributed by atoms with Crippen molar-refractivity contribution in [1.29, 1.82) is 0 Å². The molecule has 0 aliphatic carbocycles. The Bertz CT molecular complexity index is 947. The zero-order valence-corrected chi connectivity index (χ0v) is 13.9. The maximum atomic E-state index is 10.8. The van der Waals surface area contributed by atoms with E-state index >= 15 is 0 Å². The second-order valence-electron chi connectivity index (χ2n) is 5.34. The summed E-state index contributed by atoms with van der Waals surface area (Å²) in [5, 5.41) is 10.8. The number of nitrogens with zero attached hydrogens (tertiary/aromatic N) is 2. The van der Waals surface area contributed by atoms with Gasteiger partial charge in [0.05, 0.1) is 23.1 Å². The van der Waals surface area contributed by atoms with Gasteiger partial charge in [-0.1, -0.05) is 18.2 Å². The van der Waals surface area contributed by atoms with Gasteiger partial charge in [0, 0.05) is 12.1 Å². The molecule has 1 aromatic heterocycles. The number of imidazole rings is 1. The molecule has 7 nitrogen and oxygen atoms in total. The summed E-state index contributed by atoms with van der Waals surface area (Å²) in [6.07, 6.45) is 3.92. The zero-order chi connectivity index (χ0) is 17.8. The predicted octanol–water partition coefficient (Wildman–Crippen LogP) is 4.09. The molecule has 0 aliphatic heterocycles. The summed E-state index contributed by atoms with van der Waals surface area (Å²) in [5.41, 5.74) is 2.29. The van der Waals surface area contributed by atoms with Gasteiger partial charge in [0.15, 0.2) is 11.5 Å². The van der Waals surface area contributed by atoms with E-state index < -0.39 is 4.92 Å². The van der Waals surface area contributed by atoms with Crippen LogP contribution >= 0.6 is 0 Å². The van der Waals surface area contributed by atoms with Gasteiger partial charge in [-0.05, 0) is 30.7 Å². The second kappa shape index (κ2) is 7.04. The van der Waals surface area contributed by atoms with Crippen LogP contribution in [0.1, 0.15) is 18.3 Å². The molecule has 0 spiro atoms. The van der Waals surface area contributed by atoms with Gasteiger partial charge >= 0.3 is 0 Å². The smallest absolute Gasteiger partial charge is 0.271 e. The highest BCUT2D eigenvalue weighted by atomic mass is 16.6. The lowest BCUT2D eigenvalue weighted by molar-refractivity contribution is -0.384. The standard InChI is InChI=1S/C18H17N3O4/c1-3-4-12-5-8-16(17(9-12)24-2)25-11-18-19-14-7-6-13(21(22)23)10-15(14)20-18/h3-10H,11H2,1-2H3,(H,19,20)/b4-3+. The Kier molecular flexibility index (Phi) is 4.65. The zero-order valence-electron chi connectivity index (χ0n) is 13.9. The molecule has 1 N–H and O–H groups in total. The van der Waals surface area contributed by atoms with Crippen LogP contribution < -0.4 is 9.47 Å². The van der Waals surface area contributed by atoms with Gasteiger partial charge < -0.3 is 14.5 Å². The van der Waals surface area contributed by atoms with Crippen molar-refractivity contribution in [3.05, 3.63) is 64.0 Å². The molecule has 128 valence electrons. The topological polar surface area (TPSA) is 90.3 Å². The number of hydrogen-bond acceptors (Lipinski definition) is 5. The van der Waals surface area contributed by atoms with Crippen molar-refractivity contribution in [2.75, 3.05) is 7.11 Å². The van der Waals surface area contributed by atoms with Crippen LogP contribution in [0.3, 0.4) is 0 Å². The largest absolute Gasteiger partial charge is 0.493 e. The van der Waals surface area contributed by atoms with Gasteiger partial charge in [-0.25, -0.2) is 4.98 Å². The predicted molar refractivity (Wildman–Crippen MR) is 94.8 cm³/mol. The fourth-order valence-electron chi connectivity index (χ4n) is 2.48. The third-order valence-electron chi connectivity index (χ3n) is 3.64. The molecule has 7 heteroatoms. The van der Waals surface area contributed by atoms with E-state index in [0.717, 1.165) is 5.56 Å². The van der Waals surface area contributed by atoms with E-state index in [1.807, 2.05) is 37.3 Å². The number of H-pyrrole nitrogens is 1. The monoisotopic (exact) mass is 339 g/mol. The number of rotatable bonds is 6. The number of ether oxygens (including phenoxy) is 2. The molecule has 0 bridgehead atoms. The molecule has 0 atom stereocenters. The number of allylic oxidation sites excluding steroid dienone is 1. The molecular weight excluding hydrogens is 322 g/mol. The first-order valence-corrected chi connectivity index (χ1v) is 7.67. The molecule has 0 radical (unpaired) electrons. The van der Waals surface area contributed by atoms with Crippen LogP contribution in [0.2, 0.25) is 0 Å². The number of benzene rings is 2. The third-order valence-corrected chi connectivity index (χ3v) is 3.64. The van der Waals surface area contributed by atoms with Crippen molar-refractivity contribution in [3.63, 3.8) is 0 Å². The summed E-state index contributed by atoms with van der Waals surface area (Å²) in [4.78, 5) is 17.8. The highest BCUT2D eigenvalue weighted by Gasteiger charge is 2.11. The maximum Gasteiger partial charge on any atom is 0.271 e. The lowest BCUT2D eigenvalue weighted by Crippen LogP contribution is -1.99. The van der Waals surface area contributed by atoms with Crippen LogP contribution in [0.15, 0.2) is 42.5 Å². The minimum atomic E-state index is -0.437. The Morgan fingerprint density at radius 1 is 1.24 bits per heavy atom. The van der Waals surface area contributed by atoms with Crippen LogP contribution in [0.25, 0.3) is 17.1 Å². The molecule has 0 saturated heterocycles. The maximum absolute atomic E-state index is 10.8. The van der Waals surface area contributed by atoms with Crippen molar-refractivity contribution in [1.82, 2.24) is 9.97 Å². The van der Waals surface area contributed by atoms with Crippen molar-refractivity contribution >= 4 is 22.8 Å². The molecule has 0 amide bonds. The Morgan fingerprint density at radius 2 is 2.08 bits per heavy atom. The highest BCUT2D eigenvalue weighted by Crippen LogP contribution is 2.29. The Hall–Kier alpha value is -3.35. The second-order valence-corrected chi connectivity index (χ2v) is 5.34. The van der Waals surface area contributed by atoms with Gasteiger partial charge in [-0.3, -0.25) is 10.1 Å². The van der Waals surface area contributed by atoms with Crippen molar-refractivity contribution in [2.45, 2.75) is 13.5 Å². The minimum absolute atomic E-state index is 0.0184. The normalized spacial score (nSPS) is 11.1. The number of nitro groups is 1. The summed E-state index contributed by atoms with van der Waals surface area (Å²) < 4.78 is 11.1. The molecule has 1 heterocycles. The Balaban J connectivity index is 1.79. The average molecular weight is 339 g/mol. The van der Waals surface area contributed by atoms with Crippen molar-refractivity contribution in [2.24, 2.45) is 0 Å². The number of nitrogens with one attached hydrogen (secondary N) is 1. The number of hydrogen-bond donors (Lipinski definition) is 1. The first-order chi connectivity index (χ1) is 12.1. The van der Waals surface area contributed by atoms with Gasteiger partial charge in [-0.15, -0.1) is 0 Å². The van der Waals surface area contributed by atoms with E-state index in [1.54, 1.807) is 13.2 Å². The van der Waals surface area contributed by atoms with Crippen LogP contribution in [0, 0.1) is 10.1 Å². The van der Waals surface area contributed by atoms with Crippen LogP contribution in [0.4, 0.5) is 5.69 Å². The van der Waals surface area contributed by atoms with Crippen LogP contribution in [0.5, 0.6) is 11.5 Å². The van der Waals surface area contributed by atoms with Gasteiger partial charge in [-0.2, -0.15) is 0 Å². The lowest BCUT2D eigenvalue weighted by Gasteiger charge is -2.10.